The Morgan fingerprint density at radius 3 is 2.75 bits per heavy atom. The van der Waals surface area contributed by atoms with Gasteiger partial charge in [-0.2, -0.15) is 4.98 Å². The number of hydrogen-bond acceptors (Lipinski definition) is 7. The van der Waals surface area contributed by atoms with Crippen LogP contribution in [0.15, 0.2) is 29.0 Å². The first-order chi connectivity index (χ1) is 13.5. The zero-order valence-electron chi connectivity index (χ0n) is 15.8. The van der Waals surface area contributed by atoms with E-state index in [9.17, 15) is 4.79 Å². The highest BCUT2D eigenvalue weighted by Gasteiger charge is 2.38. The molecule has 144 valence electrons. The van der Waals surface area contributed by atoms with E-state index in [4.69, 9.17) is 9.15 Å². The van der Waals surface area contributed by atoms with Gasteiger partial charge < -0.3 is 19.8 Å². The molecule has 1 amide bonds. The number of nitrogens with one attached hydrogen (secondary N) is 2. The van der Waals surface area contributed by atoms with E-state index in [0.29, 0.717) is 34.1 Å². The first kappa shape index (κ1) is 17.1. The van der Waals surface area contributed by atoms with Gasteiger partial charge in [0.2, 0.25) is 5.71 Å². The molecule has 2 N–H and O–H groups in total. The second-order valence-electron chi connectivity index (χ2n) is 7.71. The Labute approximate surface area is 161 Å². The number of furan rings is 1. The van der Waals surface area contributed by atoms with Crippen molar-refractivity contribution in [1.29, 1.82) is 0 Å². The number of pyridine rings is 1. The maximum absolute atomic E-state index is 12.9. The van der Waals surface area contributed by atoms with Crippen molar-refractivity contribution in [1.82, 2.24) is 15.0 Å². The average Bonchev–Trinajstić information content (AvgIpc) is 3.17. The Bertz CT molecular complexity index is 1050. The Kier molecular flexibility index (Phi) is 3.83. The summed E-state index contributed by atoms with van der Waals surface area (Å²) in [4.78, 5) is 26.0. The number of carbonyl (C=O) groups is 1. The standard InChI is InChI=1S/C20H21N5O3/c1-11-22-17(25-20(2)6-7-20)16-13(10-28-19(16)23-11)18(26)24-15-4-3-12(9-21-15)14-5-8-27-14/h3-4,9-10,14H,5-8H2,1-2H3,(H,21,24,26)(H,22,23,25). The highest BCUT2D eigenvalue weighted by Crippen LogP contribution is 2.40. The maximum Gasteiger partial charge on any atom is 0.260 e. The molecular weight excluding hydrogens is 358 g/mol. The summed E-state index contributed by atoms with van der Waals surface area (Å²) in [5, 5.41) is 6.85. The van der Waals surface area contributed by atoms with Crippen LogP contribution in [0.5, 0.6) is 0 Å². The van der Waals surface area contributed by atoms with E-state index in [1.54, 1.807) is 19.2 Å². The van der Waals surface area contributed by atoms with E-state index < -0.39 is 0 Å². The smallest absolute Gasteiger partial charge is 0.260 e. The molecule has 2 fully saturated rings. The minimum atomic E-state index is -0.310. The molecular formula is C20H21N5O3. The molecule has 1 unspecified atom stereocenters. The first-order valence-corrected chi connectivity index (χ1v) is 9.44. The molecule has 3 aromatic heterocycles. The number of amides is 1. The summed E-state index contributed by atoms with van der Waals surface area (Å²) in [5.74, 6) is 1.39. The zero-order valence-corrected chi connectivity index (χ0v) is 15.8. The zero-order chi connectivity index (χ0) is 19.3. The summed E-state index contributed by atoms with van der Waals surface area (Å²) >= 11 is 0. The van der Waals surface area contributed by atoms with Crippen LogP contribution in [0.25, 0.3) is 11.1 Å². The number of nitrogens with zero attached hydrogens (tertiary/aromatic N) is 3. The topological polar surface area (TPSA) is 102 Å². The van der Waals surface area contributed by atoms with Gasteiger partial charge >= 0.3 is 0 Å². The van der Waals surface area contributed by atoms with Gasteiger partial charge in [0.1, 0.15) is 23.7 Å². The third-order valence-electron chi connectivity index (χ3n) is 5.31. The normalized spacial score (nSPS) is 19.9. The molecule has 8 heteroatoms. The van der Waals surface area contributed by atoms with Crippen molar-refractivity contribution < 1.29 is 13.9 Å². The van der Waals surface area contributed by atoms with E-state index in [-0.39, 0.29) is 17.6 Å². The van der Waals surface area contributed by atoms with Crippen LogP contribution in [0.4, 0.5) is 11.6 Å². The van der Waals surface area contributed by atoms with Gasteiger partial charge in [0.15, 0.2) is 0 Å². The minimum absolute atomic E-state index is 0.0136. The van der Waals surface area contributed by atoms with Gasteiger partial charge in [0.05, 0.1) is 23.7 Å². The van der Waals surface area contributed by atoms with Crippen LogP contribution in [0.3, 0.4) is 0 Å². The third-order valence-corrected chi connectivity index (χ3v) is 5.31. The van der Waals surface area contributed by atoms with Crippen molar-refractivity contribution >= 4 is 28.6 Å². The maximum atomic E-state index is 12.9. The lowest BCUT2D eigenvalue weighted by atomic mass is 10.1. The minimum Gasteiger partial charge on any atom is -0.445 e. The number of carbonyl (C=O) groups excluding carboxylic acids is 1. The van der Waals surface area contributed by atoms with Gasteiger partial charge in [0, 0.05) is 18.2 Å². The van der Waals surface area contributed by atoms with E-state index in [2.05, 4.69) is 32.5 Å². The second kappa shape index (κ2) is 6.27. The van der Waals surface area contributed by atoms with Crippen molar-refractivity contribution in [2.24, 2.45) is 0 Å². The first-order valence-electron chi connectivity index (χ1n) is 9.44. The highest BCUT2D eigenvalue weighted by atomic mass is 16.5. The monoisotopic (exact) mass is 379 g/mol. The number of rotatable bonds is 5. The summed E-state index contributed by atoms with van der Waals surface area (Å²) in [7, 11) is 0. The van der Waals surface area contributed by atoms with Gasteiger partial charge in [-0.1, -0.05) is 6.07 Å². The van der Waals surface area contributed by atoms with Gasteiger partial charge in [-0.3, -0.25) is 4.79 Å². The highest BCUT2D eigenvalue weighted by molar-refractivity contribution is 6.14. The fourth-order valence-corrected chi connectivity index (χ4v) is 3.26. The van der Waals surface area contributed by atoms with Crippen LogP contribution in [-0.4, -0.2) is 33.0 Å². The fourth-order valence-electron chi connectivity index (χ4n) is 3.26. The molecule has 28 heavy (non-hydrogen) atoms. The van der Waals surface area contributed by atoms with E-state index in [1.807, 2.05) is 6.07 Å². The van der Waals surface area contributed by atoms with Crippen LogP contribution < -0.4 is 10.6 Å². The van der Waals surface area contributed by atoms with Crippen LogP contribution in [0.1, 0.15) is 54.0 Å². The molecule has 5 rings (SSSR count). The summed E-state index contributed by atoms with van der Waals surface area (Å²) in [6.07, 6.45) is 6.41. The molecule has 2 aliphatic rings. The number of anilines is 2. The summed E-state index contributed by atoms with van der Waals surface area (Å²) in [6, 6.07) is 3.70. The number of fused-ring (bicyclic) bond motifs is 1. The lowest BCUT2D eigenvalue weighted by Gasteiger charge is -2.26. The second-order valence-corrected chi connectivity index (χ2v) is 7.71. The van der Waals surface area contributed by atoms with Gasteiger partial charge in [-0.05, 0) is 38.3 Å². The van der Waals surface area contributed by atoms with Crippen LogP contribution >= 0.6 is 0 Å². The predicted molar refractivity (Wildman–Crippen MR) is 103 cm³/mol. The fraction of sp³-hybridized carbons (Fsp3) is 0.400. The van der Waals surface area contributed by atoms with E-state index in [0.717, 1.165) is 31.4 Å². The summed E-state index contributed by atoms with van der Waals surface area (Å²) in [6.45, 7) is 4.72. The quantitative estimate of drug-likeness (QED) is 0.698. The Hall–Kier alpha value is -3.00. The number of hydrogen-bond donors (Lipinski definition) is 2. The lowest BCUT2D eigenvalue weighted by Crippen LogP contribution is -2.19. The van der Waals surface area contributed by atoms with Crippen molar-refractivity contribution in [3.63, 3.8) is 0 Å². The van der Waals surface area contributed by atoms with E-state index in [1.165, 1.54) is 6.26 Å². The molecule has 1 aliphatic carbocycles. The molecule has 1 saturated carbocycles. The van der Waals surface area contributed by atoms with Crippen molar-refractivity contribution in [3.05, 3.63) is 41.5 Å². The van der Waals surface area contributed by atoms with Crippen molar-refractivity contribution in [2.45, 2.75) is 44.8 Å². The number of aryl methyl sites for hydroxylation is 1. The molecule has 0 spiro atoms. The van der Waals surface area contributed by atoms with Gasteiger partial charge in [0.25, 0.3) is 5.91 Å². The predicted octanol–water partition coefficient (Wildman–Crippen LogP) is 3.60. The number of ether oxygens (including phenoxy) is 1. The third kappa shape index (κ3) is 3.09. The molecule has 0 bridgehead atoms. The summed E-state index contributed by atoms with van der Waals surface area (Å²) in [5.41, 5.74) is 1.82. The lowest BCUT2D eigenvalue weighted by molar-refractivity contribution is -0.0528. The molecule has 4 heterocycles. The van der Waals surface area contributed by atoms with Crippen molar-refractivity contribution in [3.8, 4) is 0 Å². The van der Waals surface area contributed by atoms with E-state index >= 15 is 0 Å². The number of aromatic nitrogens is 3. The largest absolute Gasteiger partial charge is 0.445 e. The molecule has 3 aromatic rings. The molecule has 0 radical (unpaired) electrons. The molecule has 0 aromatic carbocycles. The Balaban J connectivity index is 1.42. The van der Waals surface area contributed by atoms with Crippen LogP contribution in [-0.2, 0) is 4.74 Å². The van der Waals surface area contributed by atoms with Crippen LogP contribution in [0.2, 0.25) is 0 Å². The molecule has 1 atom stereocenters. The average molecular weight is 379 g/mol. The molecule has 1 aliphatic heterocycles. The Morgan fingerprint density at radius 1 is 1.29 bits per heavy atom. The van der Waals surface area contributed by atoms with Gasteiger partial charge in [-0.15, -0.1) is 0 Å². The summed E-state index contributed by atoms with van der Waals surface area (Å²) < 4.78 is 11.0. The van der Waals surface area contributed by atoms with Crippen LogP contribution in [0, 0.1) is 6.92 Å². The Morgan fingerprint density at radius 2 is 2.11 bits per heavy atom. The molecule has 1 saturated heterocycles. The molecule has 8 nitrogen and oxygen atoms in total. The van der Waals surface area contributed by atoms with Crippen molar-refractivity contribution in [2.75, 3.05) is 17.2 Å². The van der Waals surface area contributed by atoms with Gasteiger partial charge in [-0.25, -0.2) is 9.97 Å². The SMILES string of the molecule is Cc1nc(NC2(C)CC2)c2c(C(=O)Nc3ccc(C4CCO4)cn3)coc2n1.